The largest absolute Gasteiger partial charge is 0.481 e. The van der Waals surface area contributed by atoms with Crippen molar-refractivity contribution in [1.29, 1.82) is 0 Å². The number of fused-ring (bicyclic) bond motifs is 1. The number of carbonyl (C=O) groups is 2. The molecule has 5 nitrogen and oxygen atoms in total. The minimum atomic E-state index is -0.646. The topological polar surface area (TPSA) is 67.4 Å². The van der Waals surface area contributed by atoms with Crippen molar-refractivity contribution in [1.82, 2.24) is 5.32 Å². The van der Waals surface area contributed by atoms with Gasteiger partial charge in [0.1, 0.15) is 5.75 Å². The fourth-order valence-electron chi connectivity index (χ4n) is 4.15. The number of nitrogens with one attached hydrogen (secondary N) is 2. The smallest absolute Gasteiger partial charge is 0.265 e. The Bertz CT molecular complexity index is 1110. The Kier molecular flexibility index (Phi) is 7.40. The van der Waals surface area contributed by atoms with E-state index in [0.29, 0.717) is 30.0 Å². The van der Waals surface area contributed by atoms with Crippen LogP contribution in [0.2, 0.25) is 0 Å². The molecule has 0 bridgehead atoms. The van der Waals surface area contributed by atoms with Gasteiger partial charge in [0.2, 0.25) is 0 Å². The molecule has 1 unspecified atom stereocenters. The standard InChI is InChI=1S/C28H30N2O3/c1-2-26(33-23-17-16-21-12-6-7-13-22(21)18-23)28(32)30-25-15-9-8-14-24(25)27(31)29-19-20-10-4-3-5-11-20/h3-5,8-11,14-18,26H,2,6-7,12-13,19H2,1H3,(H,29,31)(H,30,32). The highest BCUT2D eigenvalue weighted by Crippen LogP contribution is 2.26. The predicted molar refractivity (Wildman–Crippen MR) is 130 cm³/mol. The summed E-state index contributed by atoms with van der Waals surface area (Å²) in [6.07, 6.45) is 4.46. The van der Waals surface area contributed by atoms with Crippen LogP contribution in [0.25, 0.3) is 0 Å². The predicted octanol–water partition coefficient (Wildman–Crippen LogP) is 5.29. The zero-order chi connectivity index (χ0) is 23.0. The summed E-state index contributed by atoms with van der Waals surface area (Å²) in [5.41, 5.74) is 4.60. The minimum Gasteiger partial charge on any atom is -0.481 e. The van der Waals surface area contributed by atoms with Crippen molar-refractivity contribution >= 4 is 17.5 Å². The summed E-state index contributed by atoms with van der Waals surface area (Å²) in [4.78, 5) is 25.8. The second-order valence-electron chi connectivity index (χ2n) is 8.36. The number of carbonyl (C=O) groups excluding carboxylic acids is 2. The molecular formula is C28H30N2O3. The van der Waals surface area contributed by atoms with E-state index in [1.807, 2.05) is 43.3 Å². The van der Waals surface area contributed by atoms with Gasteiger partial charge in [0, 0.05) is 6.54 Å². The molecule has 0 spiro atoms. The highest BCUT2D eigenvalue weighted by Gasteiger charge is 2.22. The molecule has 0 heterocycles. The van der Waals surface area contributed by atoms with Crippen LogP contribution in [0, 0.1) is 0 Å². The molecule has 4 rings (SSSR count). The van der Waals surface area contributed by atoms with E-state index in [-0.39, 0.29) is 11.8 Å². The molecule has 1 atom stereocenters. The van der Waals surface area contributed by atoms with E-state index in [0.717, 1.165) is 18.4 Å². The van der Waals surface area contributed by atoms with Gasteiger partial charge in [-0.25, -0.2) is 0 Å². The summed E-state index contributed by atoms with van der Waals surface area (Å²) >= 11 is 0. The van der Waals surface area contributed by atoms with Crippen LogP contribution < -0.4 is 15.4 Å². The van der Waals surface area contributed by atoms with Crippen molar-refractivity contribution in [3.8, 4) is 5.75 Å². The Labute approximate surface area is 195 Å². The van der Waals surface area contributed by atoms with Gasteiger partial charge in [-0.05, 0) is 73.1 Å². The van der Waals surface area contributed by atoms with Gasteiger partial charge in [-0.15, -0.1) is 0 Å². The van der Waals surface area contributed by atoms with E-state index in [2.05, 4.69) is 22.8 Å². The van der Waals surface area contributed by atoms with E-state index in [1.54, 1.807) is 24.3 Å². The minimum absolute atomic E-state index is 0.238. The molecule has 1 aliphatic carbocycles. The van der Waals surface area contributed by atoms with Crippen LogP contribution in [-0.4, -0.2) is 17.9 Å². The monoisotopic (exact) mass is 442 g/mol. The lowest BCUT2D eigenvalue weighted by molar-refractivity contribution is -0.122. The molecule has 0 fully saturated rings. The van der Waals surface area contributed by atoms with Crippen LogP contribution in [0.5, 0.6) is 5.75 Å². The molecule has 33 heavy (non-hydrogen) atoms. The molecule has 0 aromatic heterocycles. The van der Waals surface area contributed by atoms with Gasteiger partial charge in [-0.1, -0.05) is 55.5 Å². The lowest BCUT2D eigenvalue weighted by atomic mass is 9.92. The van der Waals surface area contributed by atoms with Gasteiger partial charge in [0.05, 0.1) is 11.3 Å². The van der Waals surface area contributed by atoms with E-state index in [9.17, 15) is 9.59 Å². The maximum atomic E-state index is 13.0. The number of hydrogen-bond donors (Lipinski definition) is 2. The molecule has 1 aliphatic rings. The zero-order valence-corrected chi connectivity index (χ0v) is 19.0. The van der Waals surface area contributed by atoms with Crippen LogP contribution >= 0.6 is 0 Å². The molecule has 170 valence electrons. The van der Waals surface area contributed by atoms with Gasteiger partial charge in [0.15, 0.2) is 6.10 Å². The van der Waals surface area contributed by atoms with Crippen LogP contribution in [0.15, 0.2) is 72.8 Å². The quantitative estimate of drug-likeness (QED) is 0.498. The summed E-state index contributed by atoms with van der Waals surface area (Å²) < 4.78 is 6.06. The van der Waals surface area contributed by atoms with Crippen molar-refractivity contribution in [2.45, 2.75) is 51.7 Å². The van der Waals surface area contributed by atoms with Gasteiger partial charge < -0.3 is 15.4 Å². The van der Waals surface area contributed by atoms with Gasteiger partial charge in [-0.3, -0.25) is 9.59 Å². The second kappa shape index (κ2) is 10.8. The summed E-state index contributed by atoms with van der Waals surface area (Å²) in [7, 11) is 0. The molecule has 2 amide bonds. The van der Waals surface area contributed by atoms with E-state index in [1.165, 1.54) is 24.0 Å². The first-order valence-electron chi connectivity index (χ1n) is 11.6. The Morgan fingerprint density at radius 3 is 2.42 bits per heavy atom. The third kappa shape index (κ3) is 5.80. The SMILES string of the molecule is CCC(Oc1ccc2c(c1)CCCC2)C(=O)Nc1ccccc1C(=O)NCc1ccccc1. The molecule has 0 saturated carbocycles. The highest BCUT2D eigenvalue weighted by atomic mass is 16.5. The van der Waals surface area contributed by atoms with Gasteiger partial charge >= 0.3 is 0 Å². The summed E-state index contributed by atoms with van der Waals surface area (Å²) in [5, 5.41) is 5.82. The van der Waals surface area contributed by atoms with Crippen LogP contribution in [0.1, 0.15) is 53.2 Å². The number of aryl methyl sites for hydroxylation is 2. The van der Waals surface area contributed by atoms with Crippen molar-refractivity contribution in [2.75, 3.05) is 5.32 Å². The van der Waals surface area contributed by atoms with E-state index >= 15 is 0 Å². The Balaban J connectivity index is 1.42. The number of ether oxygens (including phenoxy) is 1. The van der Waals surface area contributed by atoms with Crippen molar-refractivity contribution in [3.05, 3.63) is 95.1 Å². The average Bonchev–Trinajstić information content (AvgIpc) is 2.86. The molecule has 0 radical (unpaired) electrons. The number of anilines is 1. The number of rotatable bonds is 8. The molecule has 3 aromatic carbocycles. The van der Waals surface area contributed by atoms with Gasteiger partial charge in [-0.2, -0.15) is 0 Å². The number of amides is 2. The number of hydrogen-bond acceptors (Lipinski definition) is 3. The molecule has 2 N–H and O–H groups in total. The molecular weight excluding hydrogens is 412 g/mol. The Morgan fingerprint density at radius 1 is 0.909 bits per heavy atom. The molecule has 0 aliphatic heterocycles. The lowest BCUT2D eigenvalue weighted by Gasteiger charge is -2.21. The van der Waals surface area contributed by atoms with Crippen molar-refractivity contribution in [2.24, 2.45) is 0 Å². The molecule has 3 aromatic rings. The maximum absolute atomic E-state index is 13.0. The summed E-state index contributed by atoms with van der Waals surface area (Å²) in [5.74, 6) is 0.212. The third-order valence-corrected chi connectivity index (χ3v) is 5.99. The fourth-order valence-corrected chi connectivity index (χ4v) is 4.15. The average molecular weight is 443 g/mol. The van der Waals surface area contributed by atoms with Crippen molar-refractivity contribution < 1.29 is 14.3 Å². The summed E-state index contributed by atoms with van der Waals surface area (Å²) in [6, 6.07) is 22.9. The third-order valence-electron chi connectivity index (χ3n) is 5.99. The highest BCUT2D eigenvalue weighted by molar-refractivity contribution is 6.04. The van der Waals surface area contributed by atoms with Crippen LogP contribution in [0.4, 0.5) is 5.69 Å². The second-order valence-corrected chi connectivity index (χ2v) is 8.36. The first-order chi connectivity index (χ1) is 16.1. The Morgan fingerprint density at radius 2 is 1.64 bits per heavy atom. The van der Waals surface area contributed by atoms with Crippen LogP contribution in [0.3, 0.4) is 0 Å². The molecule has 5 heteroatoms. The van der Waals surface area contributed by atoms with E-state index < -0.39 is 6.10 Å². The fraction of sp³-hybridized carbons (Fsp3) is 0.286. The van der Waals surface area contributed by atoms with Crippen molar-refractivity contribution in [3.63, 3.8) is 0 Å². The van der Waals surface area contributed by atoms with Crippen LogP contribution in [-0.2, 0) is 24.2 Å². The first-order valence-corrected chi connectivity index (χ1v) is 11.6. The van der Waals surface area contributed by atoms with E-state index in [4.69, 9.17) is 4.74 Å². The zero-order valence-electron chi connectivity index (χ0n) is 19.0. The first kappa shape index (κ1) is 22.6. The normalized spacial score (nSPS) is 13.5. The van der Waals surface area contributed by atoms with Gasteiger partial charge in [0.25, 0.3) is 11.8 Å². The number of benzene rings is 3. The summed E-state index contributed by atoms with van der Waals surface area (Å²) in [6.45, 7) is 2.34. The lowest BCUT2D eigenvalue weighted by Crippen LogP contribution is -2.33. The molecule has 0 saturated heterocycles. The Hall–Kier alpha value is -3.60. The number of para-hydroxylation sites is 1. The maximum Gasteiger partial charge on any atom is 0.265 e.